The predicted octanol–water partition coefficient (Wildman–Crippen LogP) is 6.01. The van der Waals surface area contributed by atoms with E-state index in [1.54, 1.807) is 47.6 Å². The van der Waals surface area contributed by atoms with Gasteiger partial charge < -0.3 is 13.9 Å². The van der Waals surface area contributed by atoms with Gasteiger partial charge in [0.15, 0.2) is 0 Å². The molecule has 0 radical (unpaired) electrons. The first-order valence-electron chi connectivity index (χ1n) is 10.7. The highest BCUT2D eigenvalue weighted by molar-refractivity contribution is 6.11. The Bertz CT molecular complexity index is 1480. The molecule has 0 atom stereocenters. The Kier molecular flexibility index (Phi) is 5.27. The van der Waals surface area contributed by atoms with E-state index in [1.807, 2.05) is 30.3 Å². The number of hydrogen-bond acceptors (Lipinski definition) is 6. The normalized spacial score (nSPS) is 12.3. The highest BCUT2D eigenvalue weighted by Crippen LogP contribution is 2.30. The van der Waals surface area contributed by atoms with Crippen LogP contribution < -0.4 is 5.43 Å². The summed E-state index contributed by atoms with van der Waals surface area (Å²) in [4.78, 5) is 39.5. The second-order valence-corrected chi connectivity index (χ2v) is 10.00. The van der Waals surface area contributed by atoms with Crippen LogP contribution in [0.1, 0.15) is 62.3 Å². The molecule has 4 aromatic rings. The molecule has 0 spiro atoms. The molecule has 3 aromatic carbocycles. The SMILES string of the molecule is CC(C)(C)OC(=O)c1cc(C(=O)OC(C)(C)C)c2c(=O)c3ccc4ccccc4c3oc2c1. The minimum absolute atomic E-state index is 0.0351. The zero-order chi connectivity index (χ0) is 24.1. The maximum absolute atomic E-state index is 13.5. The molecule has 1 aromatic heterocycles. The van der Waals surface area contributed by atoms with Crippen LogP contribution in [-0.2, 0) is 9.47 Å². The van der Waals surface area contributed by atoms with Crippen LogP contribution in [0.25, 0.3) is 32.7 Å². The highest BCUT2D eigenvalue weighted by Gasteiger charge is 2.26. The van der Waals surface area contributed by atoms with Gasteiger partial charge in [0.05, 0.1) is 21.9 Å². The van der Waals surface area contributed by atoms with Gasteiger partial charge in [0, 0.05) is 5.39 Å². The Morgan fingerprint density at radius 3 is 2.09 bits per heavy atom. The molecule has 6 heteroatoms. The Hall–Kier alpha value is -3.67. The van der Waals surface area contributed by atoms with Gasteiger partial charge in [0.25, 0.3) is 0 Å². The van der Waals surface area contributed by atoms with E-state index in [9.17, 15) is 14.4 Å². The smallest absolute Gasteiger partial charge is 0.339 e. The molecule has 0 aliphatic carbocycles. The molecule has 33 heavy (non-hydrogen) atoms. The van der Waals surface area contributed by atoms with Crippen LogP contribution in [0, 0.1) is 0 Å². The lowest BCUT2D eigenvalue weighted by molar-refractivity contribution is 0.00681. The largest absolute Gasteiger partial charge is 0.456 e. The summed E-state index contributed by atoms with van der Waals surface area (Å²) in [6, 6.07) is 13.8. The minimum atomic E-state index is -0.793. The van der Waals surface area contributed by atoms with Gasteiger partial charge >= 0.3 is 11.9 Å². The summed E-state index contributed by atoms with van der Waals surface area (Å²) in [5.41, 5.74) is -1.33. The summed E-state index contributed by atoms with van der Waals surface area (Å²) in [6.45, 7) is 10.4. The standard InChI is InChI=1S/C27H26O6/c1-26(2,3)32-24(29)16-13-19(25(30)33-27(4,5)6)21-20(14-16)31-23-17-10-8-7-9-15(17)11-12-18(23)22(21)28/h7-14H,1-6H3. The zero-order valence-electron chi connectivity index (χ0n) is 19.6. The molecular weight excluding hydrogens is 420 g/mol. The Morgan fingerprint density at radius 2 is 1.42 bits per heavy atom. The molecule has 6 nitrogen and oxygen atoms in total. The third-order valence-electron chi connectivity index (χ3n) is 4.92. The molecule has 0 aliphatic rings. The van der Waals surface area contributed by atoms with Crippen molar-refractivity contribution in [3.8, 4) is 0 Å². The summed E-state index contributed by atoms with van der Waals surface area (Å²) in [5, 5.41) is 2.08. The van der Waals surface area contributed by atoms with Crippen molar-refractivity contribution in [3.63, 3.8) is 0 Å². The first-order chi connectivity index (χ1) is 15.3. The maximum Gasteiger partial charge on any atom is 0.339 e. The molecule has 0 bridgehead atoms. The van der Waals surface area contributed by atoms with Crippen molar-refractivity contribution in [3.05, 3.63) is 69.9 Å². The van der Waals surface area contributed by atoms with Crippen molar-refractivity contribution in [2.45, 2.75) is 52.7 Å². The molecule has 1 heterocycles. The van der Waals surface area contributed by atoms with Crippen LogP contribution in [0.3, 0.4) is 0 Å². The molecule has 0 saturated heterocycles. The summed E-state index contributed by atoms with van der Waals surface area (Å²) in [7, 11) is 0. The fraction of sp³-hybridized carbons (Fsp3) is 0.296. The number of rotatable bonds is 2. The van der Waals surface area contributed by atoms with Gasteiger partial charge in [-0.15, -0.1) is 0 Å². The molecule has 0 fully saturated rings. The van der Waals surface area contributed by atoms with E-state index in [-0.39, 0.29) is 27.5 Å². The van der Waals surface area contributed by atoms with E-state index in [0.29, 0.717) is 11.0 Å². The highest BCUT2D eigenvalue weighted by atomic mass is 16.6. The lowest BCUT2D eigenvalue weighted by Gasteiger charge is -2.21. The second-order valence-electron chi connectivity index (χ2n) is 10.00. The van der Waals surface area contributed by atoms with Crippen molar-refractivity contribution in [1.29, 1.82) is 0 Å². The molecule has 0 N–H and O–H groups in total. The van der Waals surface area contributed by atoms with Crippen LogP contribution in [0.2, 0.25) is 0 Å². The summed E-state index contributed by atoms with van der Waals surface area (Å²) < 4.78 is 17.2. The van der Waals surface area contributed by atoms with Crippen LogP contribution in [0.15, 0.2) is 57.7 Å². The van der Waals surface area contributed by atoms with Crippen LogP contribution in [-0.4, -0.2) is 23.1 Å². The average Bonchev–Trinajstić information content (AvgIpc) is 2.70. The van der Waals surface area contributed by atoms with Gasteiger partial charge in [-0.2, -0.15) is 0 Å². The van der Waals surface area contributed by atoms with Crippen molar-refractivity contribution < 1.29 is 23.5 Å². The predicted molar refractivity (Wildman–Crippen MR) is 128 cm³/mol. The molecular formula is C27H26O6. The average molecular weight is 446 g/mol. The first-order valence-corrected chi connectivity index (χ1v) is 10.7. The topological polar surface area (TPSA) is 82.8 Å². The number of ether oxygens (including phenoxy) is 2. The Labute approximate surface area is 191 Å². The molecule has 0 unspecified atom stereocenters. The number of carbonyl (C=O) groups excluding carboxylic acids is 2. The fourth-order valence-corrected chi connectivity index (χ4v) is 3.66. The van der Waals surface area contributed by atoms with E-state index in [0.717, 1.165) is 10.8 Å². The lowest BCUT2D eigenvalue weighted by Crippen LogP contribution is -2.26. The molecule has 0 saturated carbocycles. The van der Waals surface area contributed by atoms with Crippen molar-refractivity contribution in [2.75, 3.05) is 0 Å². The van der Waals surface area contributed by atoms with Crippen LogP contribution in [0.4, 0.5) is 0 Å². The zero-order valence-corrected chi connectivity index (χ0v) is 19.6. The van der Waals surface area contributed by atoms with Crippen molar-refractivity contribution in [2.24, 2.45) is 0 Å². The first kappa shape index (κ1) is 22.5. The van der Waals surface area contributed by atoms with Gasteiger partial charge in [-0.05, 0) is 65.1 Å². The van der Waals surface area contributed by atoms with E-state index in [4.69, 9.17) is 13.9 Å². The van der Waals surface area contributed by atoms with Crippen molar-refractivity contribution in [1.82, 2.24) is 0 Å². The number of carbonyl (C=O) groups is 2. The molecule has 4 rings (SSSR count). The summed E-state index contributed by atoms with van der Waals surface area (Å²) in [6.07, 6.45) is 0. The Balaban J connectivity index is 2.07. The third-order valence-corrected chi connectivity index (χ3v) is 4.92. The summed E-state index contributed by atoms with van der Waals surface area (Å²) in [5.74, 6) is -1.35. The molecule has 0 amide bonds. The molecule has 170 valence electrons. The van der Waals surface area contributed by atoms with Crippen LogP contribution in [0.5, 0.6) is 0 Å². The Morgan fingerprint density at radius 1 is 0.788 bits per heavy atom. The minimum Gasteiger partial charge on any atom is -0.456 e. The second kappa shape index (κ2) is 7.73. The van der Waals surface area contributed by atoms with Crippen LogP contribution >= 0.6 is 0 Å². The lowest BCUT2D eigenvalue weighted by atomic mass is 10.0. The fourth-order valence-electron chi connectivity index (χ4n) is 3.66. The van der Waals surface area contributed by atoms with E-state index in [2.05, 4.69) is 0 Å². The summed E-state index contributed by atoms with van der Waals surface area (Å²) >= 11 is 0. The van der Waals surface area contributed by atoms with Gasteiger partial charge in [0.1, 0.15) is 22.4 Å². The molecule has 0 aliphatic heterocycles. The van der Waals surface area contributed by atoms with E-state index in [1.165, 1.54) is 12.1 Å². The number of fused-ring (bicyclic) bond motifs is 4. The number of esters is 2. The number of benzene rings is 3. The monoisotopic (exact) mass is 446 g/mol. The van der Waals surface area contributed by atoms with Crippen molar-refractivity contribution >= 4 is 44.6 Å². The van der Waals surface area contributed by atoms with Gasteiger partial charge in [-0.25, -0.2) is 9.59 Å². The van der Waals surface area contributed by atoms with Gasteiger partial charge in [0.2, 0.25) is 5.43 Å². The van der Waals surface area contributed by atoms with E-state index < -0.39 is 23.1 Å². The maximum atomic E-state index is 13.5. The third kappa shape index (κ3) is 4.46. The van der Waals surface area contributed by atoms with E-state index >= 15 is 0 Å². The van der Waals surface area contributed by atoms with Gasteiger partial charge in [-0.3, -0.25) is 4.79 Å². The van der Waals surface area contributed by atoms with Gasteiger partial charge in [-0.1, -0.05) is 30.3 Å². The quantitative estimate of drug-likeness (QED) is 0.213. The number of hydrogen-bond donors (Lipinski definition) is 0.